The van der Waals surface area contributed by atoms with Gasteiger partial charge >= 0.3 is 0 Å². The molecule has 0 amide bonds. The molecule has 2 aromatic heterocycles. The van der Waals surface area contributed by atoms with E-state index in [-0.39, 0.29) is 24.8 Å². The van der Waals surface area contributed by atoms with Crippen molar-refractivity contribution in [3.8, 4) is 0 Å². The van der Waals surface area contributed by atoms with E-state index >= 15 is 0 Å². The van der Waals surface area contributed by atoms with Crippen LogP contribution in [-0.2, 0) is 0 Å². The van der Waals surface area contributed by atoms with Crippen molar-refractivity contribution in [1.29, 1.82) is 0 Å². The molecule has 3 aromatic rings. The normalized spacial score (nSPS) is 9.60. The maximum absolute atomic E-state index is 4.31. The van der Waals surface area contributed by atoms with E-state index < -0.39 is 0 Å². The second-order valence-electron chi connectivity index (χ2n) is 3.06. The summed E-state index contributed by atoms with van der Waals surface area (Å²) in [6.07, 6.45) is 5.81. The van der Waals surface area contributed by atoms with E-state index in [0.29, 0.717) is 0 Å². The molecule has 0 fully saturated rings. The molecule has 3 rings (SSSR count). The average molecular weight is 241 g/mol. The third-order valence-electron chi connectivity index (χ3n) is 2.29. The minimum atomic E-state index is 0. The fourth-order valence-electron chi connectivity index (χ4n) is 1.65. The maximum atomic E-state index is 4.31. The SMILES string of the molecule is Cl.Cl.c1ccc2c(c1)ccn1ccnc21. The first kappa shape index (κ1) is 11.8. The third-order valence-corrected chi connectivity index (χ3v) is 2.29. The van der Waals surface area contributed by atoms with Crippen LogP contribution >= 0.6 is 24.8 Å². The quantitative estimate of drug-likeness (QED) is 0.590. The smallest absolute Gasteiger partial charge is 0.144 e. The Balaban J connectivity index is 0.000000562. The van der Waals surface area contributed by atoms with E-state index in [1.165, 1.54) is 10.8 Å². The molecule has 4 heteroatoms. The van der Waals surface area contributed by atoms with Crippen molar-refractivity contribution < 1.29 is 0 Å². The molecule has 2 nitrogen and oxygen atoms in total. The van der Waals surface area contributed by atoms with Gasteiger partial charge in [0.15, 0.2) is 0 Å². The van der Waals surface area contributed by atoms with E-state index in [2.05, 4.69) is 23.2 Å². The first-order valence-corrected chi connectivity index (χ1v) is 4.25. The third kappa shape index (κ3) is 1.78. The summed E-state index contributed by atoms with van der Waals surface area (Å²) in [4.78, 5) is 4.31. The van der Waals surface area contributed by atoms with Crippen molar-refractivity contribution in [2.75, 3.05) is 0 Å². The largest absolute Gasteiger partial charge is 0.307 e. The van der Waals surface area contributed by atoms with Crippen LogP contribution in [0, 0.1) is 0 Å². The van der Waals surface area contributed by atoms with Crippen LogP contribution in [0.3, 0.4) is 0 Å². The van der Waals surface area contributed by atoms with E-state index in [9.17, 15) is 0 Å². The van der Waals surface area contributed by atoms with Crippen LogP contribution < -0.4 is 0 Å². The minimum Gasteiger partial charge on any atom is -0.307 e. The molecule has 0 aliphatic carbocycles. The highest BCUT2D eigenvalue weighted by molar-refractivity contribution is 5.93. The number of nitrogens with zero attached hydrogens (tertiary/aromatic N) is 2. The molecule has 1 aromatic carbocycles. The molecule has 0 N–H and O–H groups in total. The number of hydrogen-bond donors (Lipinski definition) is 0. The van der Waals surface area contributed by atoms with Crippen LogP contribution in [0.15, 0.2) is 48.9 Å². The average Bonchev–Trinajstić information content (AvgIpc) is 2.65. The van der Waals surface area contributed by atoms with Crippen molar-refractivity contribution in [3.05, 3.63) is 48.9 Å². The lowest BCUT2D eigenvalue weighted by Gasteiger charge is -1.98. The van der Waals surface area contributed by atoms with E-state index in [1.807, 2.05) is 35.1 Å². The van der Waals surface area contributed by atoms with Gasteiger partial charge in [-0.1, -0.05) is 24.3 Å². The molecule has 0 saturated heterocycles. The topological polar surface area (TPSA) is 17.3 Å². The summed E-state index contributed by atoms with van der Waals surface area (Å²) in [6, 6.07) is 10.4. The molecule has 0 spiro atoms. The second kappa shape index (κ2) is 4.51. The molecule has 0 aliphatic rings. The summed E-state index contributed by atoms with van der Waals surface area (Å²) in [7, 11) is 0. The lowest BCUT2D eigenvalue weighted by Crippen LogP contribution is -1.83. The van der Waals surface area contributed by atoms with Crippen molar-refractivity contribution >= 4 is 41.2 Å². The number of hydrogen-bond acceptors (Lipinski definition) is 1. The molecule has 0 unspecified atom stereocenters. The number of rotatable bonds is 0. The molecule has 0 aliphatic heterocycles. The lowest BCUT2D eigenvalue weighted by molar-refractivity contribution is 1.20. The molecule has 0 atom stereocenters. The summed E-state index contributed by atoms with van der Waals surface area (Å²) in [5, 5.41) is 2.44. The first-order valence-electron chi connectivity index (χ1n) is 4.25. The Morgan fingerprint density at radius 2 is 1.73 bits per heavy atom. The number of benzene rings is 1. The zero-order chi connectivity index (χ0) is 8.67. The predicted molar refractivity (Wildman–Crippen MR) is 67.2 cm³/mol. The molecule has 0 bridgehead atoms. The summed E-state index contributed by atoms with van der Waals surface area (Å²) >= 11 is 0. The molecular weight excluding hydrogens is 231 g/mol. The number of halogens is 2. The Hall–Kier alpha value is -1.25. The number of imidazole rings is 1. The summed E-state index contributed by atoms with van der Waals surface area (Å²) in [5.41, 5.74) is 1.03. The monoisotopic (exact) mass is 240 g/mol. The van der Waals surface area contributed by atoms with Gasteiger partial charge in [0.1, 0.15) is 5.65 Å². The zero-order valence-corrected chi connectivity index (χ0v) is 9.46. The van der Waals surface area contributed by atoms with Gasteiger partial charge in [-0.3, -0.25) is 0 Å². The Bertz CT molecular complexity index is 575. The Morgan fingerprint density at radius 1 is 0.933 bits per heavy atom. The molecule has 0 saturated carbocycles. The highest BCUT2D eigenvalue weighted by Gasteiger charge is 1.98. The Morgan fingerprint density at radius 3 is 2.60 bits per heavy atom. The van der Waals surface area contributed by atoms with Gasteiger partial charge in [-0.2, -0.15) is 0 Å². The lowest BCUT2D eigenvalue weighted by atomic mass is 10.2. The fraction of sp³-hybridized carbons (Fsp3) is 0. The Kier molecular flexibility index (Phi) is 3.56. The molecular formula is C11H10Cl2N2. The van der Waals surface area contributed by atoms with Gasteiger partial charge in [-0.15, -0.1) is 24.8 Å². The van der Waals surface area contributed by atoms with Gasteiger partial charge in [0.2, 0.25) is 0 Å². The molecule has 0 radical (unpaired) electrons. The minimum absolute atomic E-state index is 0. The van der Waals surface area contributed by atoms with Gasteiger partial charge in [0, 0.05) is 24.0 Å². The maximum Gasteiger partial charge on any atom is 0.144 e. The summed E-state index contributed by atoms with van der Waals surface area (Å²) < 4.78 is 2.03. The zero-order valence-electron chi connectivity index (χ0n) is 7.83. The second-order valence-corrected chi connectivity index (χ2v) is 3.06. The number of fused-ring (bicyclic) bond motifs is 3. The standard InChI is InChI=1S/C11H8N2.2ClH/c1-2-4-10-9(3-1)5-7-13-8-6-12-11(10)13;;/h1-8H;2*1H. The molecule has 15 heavy (non-hydrogen) atoms. The highest BCUT2D eigenvalue weighted by atomic mass is 35.5. The molecule has 2 heterocycles. The van der Waals surface area contributed by atoms with Crippen molar-refractivity contribution in [2.24, 2.45) is 0 Å². The first-order chi connectivity index (χ1) is 6.45. The van der Waals surface area contributed by atoms with E-state index in [1.54, 1.807) is 0 Å². The van der Waals surface area contributed by atoms with Gasteiger partial charge in [-0.05, 0) is 11.5 Å². The van der Waals surface area contributed by atoms with Crippen molar-refractivity contribution in [2.45, 2.75) is 0 Å². The van der Waals surface area contributed by atoms with Crippen LogP contribution in [-0.4, -0.2) is 9.38 Å². The Labute approximate surface area is 99.8 Å². The summed E-state index contributed by atoms with van der Waals surface area (Å²) in [5.74, 6) is 0. The van der Waals surface area contributed by atoms with Crippen LogP contribution in [0.4, 0.5) is 0 Å². The van der Waals surface area contributed by atoms with Crippen LogP contribution in [0.1, 0.15) is 0 Å². The van der Waals surface area contributed by atoms with Gasteiger partial charge < -0.3 is 4.40 Å². The van der Waals surface area contributed by atoms with Gasteiger partial charge in [0.05, 0.1) is 0 Å². The van der Waals surface area contributed by atoms with Crippen molar-refractivity contribution in [1.82, 2.24) is 9.38 Å². The highest BCUT2D eigenvalue weighted by Crippen LogP contribution is 2.17. The summed E-state index contributed by atoms with van der Waals surface area (Å²) in [6.45, 7) is 0. The van der Waals surface area contributed by atoms with Gasteiger partial charge in [0.25, 0.3) is 0 Å². The van der Waals surface area contributed by atoms with Crippen LogP contribution in [0.25, 0.3) is 16.4 Å². The van der Waals surface area contributed by atoms with Gasteiger partial charge in [-0.25, -0.2) is 4.98 Å². The predicted octanol–water partition coefficient (Wildman–Crippen LogP) is 3.33. The van der Waals surface area contributed by atoms with Crippen LogP contribution in [0.5, 0.6) is 0 Å². The fourth-order valence-corrected chi connectivity index (χ4v) is 1.65. The van der Waals surface area contributed by atoms with E-state index in [4.69, 9.17) is 0 Å². The number of pyridine rings is 1. The van der Waals surface area contributed by atoms with E-state index in [0.717, 1.165) is 5.65 Å². The molecule has 78 valence electrons. The van der Waals surface area contributed by atoms with Crippen molar-refractivity contribution in [3.63, 3.8) is 0 Å². The number of aromatic nitrogens is 2. The van der Waals surface area contributed by atoms with Crippen LogP contribution in [0.2, 0.25) is 0 Å².